The zero-order chi connectivity index (χ0) is 12.4. The standard InChI is InChI=1S/C10H12N6O/c1-6-13-7(2)16(14-6)9-4-3-8(5-12-9)10(11)15-17/h3-5,17H,1-2H3,(H2,11,15). The largest absolute Gasteiger partial charge is 0.409 e. The fraction of sp³-hybridized carbons (Fsp3) is 0.200. The molecule has 0 aliphatic rings. The molecule has 0 unspecified atom stereocenters. The summed E-state index contributed by atoms with van der Waals surface area (Å²) in [6.45, 7) is 3.66. The molecule has 0 aromatic carbocycles. The van der Waals surface area contributed by atoms with Gasteiger partial charge in [0.25, 0.3) is 0 Å². The van der Waals surface area contributed by atoms with Crippen molar-refractivity contribution in [3.63, 3.8) is 0 Å². The predicted octanol–water partition coefficient (Wildman–Crippen LogP) is 0.374. The van der Waals surface area contributed by atoms with Crippen molar-refractivity contribution in [2.24, 2.45) is 10.9 Å². The zero-order valence-electron chi connectivity index (χ0n) is 9.49. The lowest BCUT2D eigenvalue weighted by atomic mass is 10.2. The van der Waals surface area contributed by atoms with Gasteiger partial charge in [-0.3, -0.25) is 0 Å². The molecule has 0 atom stereocenters. The number of hydrogen-bond acceptors (Lipinski definition) is 5. The van der Waals surface area contributed by atoms with Gasteiger partial charge in [-0.25, -0.2) is 9.97 Å². The molecule has 0 saturated heterocycles. The topological polar surface area (TPSA) is 102 Å². The lowest BCUT2D eigenvalue weighted by Crippen LogP contribution is -2.14. The third-order valence-electron chi connectivity index (χ3n) is 2.24. The van der Waals surface area contributed by atoms with Gasteiger partial charge in [-0.1, -0.05) is 5.16 Å². The lowest BCUT2D eigenvalue weighted by Gasteiger charge is -2.03. The number of hydrogen-bond donors (Lipinski definition) is 2. The molecule has 0 saturated carbocycles. The van der Waals surface area contributed by atoms with Crippen LogP contribution in [0.15, 0.2) is 23.5 Å². The van der Waals surface area contributed by atoms with Gasteiger partial charge in [0.2, 0.25) is 0 Å². The maximum Gasteiger partial charge on any atom is 0.171 e. The molecule has 17 heavy (non-hydrogen) atoms. The van der Waals surface area contributed by atoms with Crippen molar-refractivity contribution in [3.05, 3.63) is 35.5 Å². The first-order chi connectivity index (χ1) is 8.11. The van der Waals surface area contributed by atoms with Gasteiger partial charge in [-0.15, -0.1) is 5.10 Å². The Morgan fingerprint density at radius 3 is 2.65 bits per heavy atom. The number of amidine groups is 1. The van der Waals surface area contributed by atoms with E-state index in [0.29, 0.717) is 17.2 Å². The summed E-state index contributed by atoms with van der Waals surface area (Å²) >= 11 is 0. The Balaban J connectivity index is 2.39. The van der Waals surface area contributed by atoms with Crippen molar-refractivity contribution < 1.29 is 5.21 Å². The number of nitrogens with two attached hydrogens (primary N) is 1. The fourth-order valence-electron chi connectivity index (χ4n) is 1.46. The molecule has 0 amide bonds. The second-order valence-electron chi connectivity index (χ2n) is 3.51. The average Bonchev–Trinajstić information content (AvgIpc) is 2.68. The Kier molecular flexibility index (Phi) is 2.73. The molecule has 0 spiro atoms. The maximum atomic E-state index is 8.53. The average molecular weight is 232 g/mol. The Morgan fingerprint density at radius 2 is 2.18 bits per heavy atom. The third kappa shape index (κ3) is 2.07. The number of nitrogens with zero attached hydrogens (tertiary/aromatic N) is 5. The normalized spacial score (nSPS) is 11.8. The summed E-state index contributed by atoms with van der Waals surface area (Å²) in [7, 11) is 0. The first kappa shape index (κ1) is 11.1. The molecule has 7 heteroatoms. The second-order valence-corrected chi connectivity index (χ2v) is 3.51. The molecule has 2 aromatic heterocycles. The summed E-state index contributed by atoms with van der Waals surface area (Å²) in [6.07, 6.45) is 1.51. The van der Waals surface area contributed by atoms with Crippen LogP contribution in [0.4, 0.5) is 0 Å². The number of oxime groups is 1. The molecule has 7 nitrogen and oxygen atoms in total. The molecular weight excluding hydrogens is 220 g/mol. The van der Waals surface area contributed by atoms with E-state index in [9.17, 15) is 0 Å². The Hall–Kier alpha value is -2.44. The molecule has 88 valence electrons. The smallest absolute Gasteiger partial charge is 0.171 e. The summed E-state index contributed by atoms with van der Waals surface area (Å²) in [4.78, 5) is 8.37. The van der Waals surface area contributed by atoms with Gasteiger partial charge in [-0.05, 0) is 26.0 Å². The van der Waals surface area contributed by atoms with Crippen molar-refractivity contribution in [3.8, 4) is 5.82 Å². The van der Waals surface area contributed by atoms with Crippen LogP contribution in [-0.2, 0) is 0 Å². The number of aryl methyl sites for hydroxylation is 2. The van der Waals surface area contributed by atoms with E-state index >= 15 is 0 Å². The third-order valence-corrected chi connectivity index (χ3v) is 2.24. The van der Waals surface area contributed by atoms with Crippen LogP contribution in [0.5, 0.6) is 0 Å². The van der Waals surface area contributed by atoms with Crippen molar-refractivity contribution in [1.82, 2.24) is 19.7 Å². The predicted molar refractivity (Wildman–Crippen MR) is 61.1 cm³/mol. The van der Waals surface area contributed by atoms with Gasteiger partial charge >= 0.3 is 0 Å². The number of pyridine rings is 1. The zero-order valence-corrected chi connectivity index (χ0v) is 9.49. The van der Waals surface area contributed by atoms with E-state index in [1.807, 2.05) is 13.8 Å². The van der Waals surface area contributed by atoms with E-state index in [-0.39, 0.29) is 5.84 Å². The molecule has 3 N–H and O–H groups in total. The Morgan fingerprint density at radius 1 is 1.41 bits per heavy atom. The monoisotopic (exact) mass is 232 g/mol. The maximum absolute atomic E-state index is 8.53. The highest BCUT2D eigenvalue weighted by molar-refractivity contribution is 5.96. The summed E-state index contributed by atoms with van der Waals surface area (Å²) in [5.74, 6) is 2.10. The van der Waals surface area contributed by atoms with E-state index in [1.54, 1.807) is 16.8 Å². The van der Waals surface area contributed by atoms with E-state index in [1.165, 1.54) is 6.20 Å². The molecule has 0 radical (unpaired) electrons. The van der Waals surface area contributed by atoms with Gasteiger partial charge in [-0.2, -0.15) is 4.68 Å². The molecule has 2 aromatic rings. The van der Waals surface area contributed by atoms with Crippen LogP contribution in [0.25, 0.3) is 5.82 Å². The van der Waals surface area contributed by atoms with Crippen LogP contribution in [0, 0.1) is 13.8 Å². The first-order valence-corrected chi connectivity index (χ1v) is 4.96. The van der Waals surface area contributed by atoms with Gasteiger partial charge in [0.15, 0.2) is 11.7 Å². The lowest BCUT2D eigenvalue weighted by molar-refractivity contribution is 0.318. The molecule has 0 fully saturated rings. The fourth-order valence-corrected chi connectivity index (χ4v) is 1.46. The van der Waals surface area contributed by atoms with Gasteiger partial charge in [0.05, 0.1) is 0 Å². The summed E-state index contributed by atoms with van der Waals surface area (Å²) < 4.78 is 1.63. The van der Waals surface area contributed by atoms with E-state index in [0.717, 1.165) is 5.82 Å². The SMILES string of the molecule is Cc1nc(C)n(-c2ccc(/C(N)=N/O)cn2)n1. The first-order valence-electron chi connectivity index (χ1n) is 4.96. The van der Waals surface area contributed by atoms with Crippen LogP contribution < -0.4 is 5.73 Å². The van der Waals surface area contributed by atoms with Crippen LogP contribution in [0.3, 0.4) is 0 Å². The minimum absolute atomic E-state index is 0.0237. The Bertz CT molecular complexity index is 557. The number of aromatic nitrogens is 4. The second kappa shape index (κ2) is 4.20. The highest BCUT2D eigenvalue weighted by atomic mass is 16.4. The molecule has 0 aliphatic heterocycles. The Labute approximate surface area is 97.6 Å². The minimum Gasteiger partial charge on any atom is -0.409 e. The molecule has 2 rings (SSSR count). The van der Waals surface area contributed by atoms with Crippen molar-refractivity contribution in [2.45, 2.75) is 13.8 Å². The van der Waals surface area contributed by atoms with Crippen LogP contribution >= 0.6 is 0 Å². The molecule has 0 bridgehead atoms. The minimum atomic E-state index is 0.0237. The highest BCUT2D eigenvalue weighted by Gasteiger charge is 2.07. The van der Waals surface area contributed by atoms with Gasteiger partial charge < -0.3 is 10.9 Å². The van der Waals surface area contributed by atoms with E-state index in [2.05, 4.69) is 20.2 Å². The quantitative estimate of drug-likeness (QED) is 0.337. The molecule has 2 heterocycles. The van der Waals surface area contributed by atoms with Crippen LogP contribution in [-0.4, -0.2) is 30.8 Å². The van der Waals surface area contributed by atoms with Crippen LogP contribution in [0.1, 0.15) is 17.2 Å². The van der Waals surface area contributed by atoms with Crippen molar-refractivity contribution >= 4 is 5.84 Å². The van der Waals surface area contributed by atoms with Gasteiger partial charge in [0, 0.05) is 11.8 Å². The highest BCUT2D eigenvalue weighted by Crippen LogP contribution is 2.07. The summed E-state index contributed by atoms with van der Waals surface area (Å²) in [6, 6.07) is 3.43. The summed E-state index contributed by atoms with van der Waals surface area (Å²) in [5, 5.41) is 15.6. The van der Waals surface area contributed by atoms with Crippen molar-refractivity contribution in [1.29, 1.82) is 0 Å². The summed E-state index contributed by atoms with van der Waals surface area (Å²) in [5.41, 5.74) is 5.99. The van der Waals surface area contributed by atoms with E-state index < -0.39 is 0 Å². The number of rotatable bonds is 2. The van der Waals surface area contributed by atoms with Crippen LogP contribution in [0.2, 0.25) is 0 Å². The molecule has 0 aliphatic carbocycles. The van der Waals surface area contributed by atoms with E-state index in [4.69, 9.17) is 10.9 Å². The van der Waals surface area contributed by atoms with Gasteiger partial charge in [0.1, 0.15) is 11.6 Å². The molecular formula is C10H12N6O. The van der Waals surface area contributed by atoms with Crippen molar-refractivity contribution in [2.75, 3.05) is 0 Å².